The summed E-state index contributed by atoms with van der Waals surface area (Å²) in [6.45, 7) is 4.62. The van der Waals surface area contributed by atoms with Gasteiger partial charge in [-0.2, -0.15) is 0 Å². The van der Waals surface area contributed by atoms with Crippen molar-refractivity contribution in [1.29, 1.82) is 0 Å². The van der Waals surface area contributed by atoms with Gasteiger partial charge in [-0.3, -0.25) is 0 Å². The van der Waals surface area contributed by atoms with Gasteiger partial charge in [0.2, 0.25) is 0 Å². The number of rotatable bonds is 3. The van der Waals surface area contributed by atoms with E-state index in [0.717, 1.165) is 28.0 Å². The van der Waals surface area contributed by atoms with E-state index in [0.29, 0.717) is 6.54 Å². The van der Waals surface area contributed by atoms with Crippen LogP contribution in [-0.2, 0) is 0 Å². The van der Waals surface area contributed by atoms with Gasteiger partial charge in [0.25, 0.3) is 0 Å². The van der Waals surface area contributed by atoms with E-state index in [1.165, 1.54) is 0 Å². The van der Waals surface area contributed by atoms with Crippen LogP contribution in [0.1, 0.15) is 24.2 Å². The van der Waals surface area contributed by atoms with E-state index in [2.05, 4.69) is 19.1 Å². The third-order valence-electron chi connectivity index (χ3n) is 2.88. The molecule has 0 spiro atoms. The number of hydrogen-bond acceptors (Lipinski definition) is 3. The third kappa shape index (κ3) is 1.67. The summed E-state index contributed by atoms with van der Waals surface area (Å²) < 4.78 is 11.1. The quantitative estimate of drug-likeness (QED) is 0.863. The molecule has 3 heteroatoms. The predicted octanol–water partition coefficient (Wildman–Crippen LogP) is 2.81. The average Bonchev–Trinajstić information content (AvgIpc) is 2.66. The van der Waals surface area contributed by atoms with Gasteiger partial charge in [0.05, 0.1) is 7.11 Å². The van der Waals surface area contributed by atoms with Crippen molar-refractivity contribution in [2.75, 3.05) is 13.7 Å². The summed E-state index contributed by atoms with van der Waals surface area (Å²) in [6, 6.07) is 6.12. The fraction of sp³-hybridized carbons (Fsp3) is 0.385. The Balaban J connectivity index is 2.66. The van der Waals surface area contributed by atoms with Gasteiger partial charge in [-0.25, -0.2) is 0 Å². The fourth-order valence-corrected chi connectivity index (χ4v) is 1.95. The van der Waals surface area contributed by atoms with Crippen molar-refractivity contribution >= 4 is 11.0 Å². The highest BCUT2D eigenvalue weighted by molar-refractivity contribution is 5.85. The van der Waals surface area contributed by atoms with Crippen molar-refractivity contribution in [3.63, 3.8) is 0 Å². The zero-order valence-electron chi connectivity index (χ0n) is 9.91. The number of furan rings is 1. The zero-order chi connectivity index (χ0) is 11.7. The molecule has 1 heterocycles. The van der Waals surface area contributed by atoms with Crippen LogP contribution < -0.4 is 10.5 Å². The van der Waals surface area contributed by atoms with Gasteiger partial charge in [-0.1, -0.05) is 19.1 Å². The lowest BCUT2D eigenvalue weighted by Crippen LogP contribution is -2.10. The Morgan fingerprint density at radius 2 is 2.19 bits per heavy atom. The molecule has 0 radical (unpaired) electrons. The number of ether oxygens (including phenoxy) is 1. The summed E-state index contributed by atoms with van der Waals surface area (Å²) in [6.07, 6.45) is 0. The SMILES string of the molecule is COc1c(C(C)CN)ccc2cc(C)oc12. The molecule has 0 saturated heterocycles. The molecule has 1 unspecified atom stereocenters. The molecule has 0 bridgehead atoms. The Morgan fingerprint density at radius 1 is 1.44 bits per heavy atom. The number of benzene rings is 1. The number of aryl methyl sites for hydroxylation is 1. The van der Waals surface area contributed by atoms with E-state index in [-0.39, 0.29) is 5.92 Å². The van der Waals surface area contributed by atoms with Gasteiger partial charge >= 0.3 is 0 Å². The lowest BCUT2D eigenvalue weighted by Gasteiger charge is -2.13. The summed E-state index contributed by atoms with van der Waals surface area (Å²) in [5.41, 5.74) is 7.61. The van der Waals surface area contributed by atoms with Crippen LogP contribution in [0, 0.1) is 6.92 Å². The lowest BCUT2D eigenvalue weighted by molar-refractivity contribution is 0.401. The summed E-state index contributed by atoms with van der Waals surface area (Å²) in [7, 11) is 1.67. The molecule has 86 valence electrons. The van der Waals surface area contributed by atoms with E-state index >= 15 is 0 Å². The van der Waals surface area contributed by atoms with Crippen LogP contribution in [0.2, 0.25) is 0 Å². The molecule has 1 aromatic heterocycles. The first-order chi connectivity index (χ1) is 7.67. The first-order valence-corrected chi connectivity index (χ1v) is 5.44. The molecule has 3 nitrogen and oxygen atoms in total. The molecular formula is C13H17NO2. The van der Waals surface area contributed by atoms with Crippen molar-refractivity contribution < 1.29 is 9.15 Å². The van der Waals surface area contributed by atoms with Crippen LogP contribution in [0.5, 0.6) is 5.75 Å². The first kappa shape index (κ1) is 11.0. The molecule has 0 aliphatic carbocycles. The van der Waals surface area contributed by atoms with Gasteiger partial charge in [0, 0.05) is 10.9 Å². The Labute approximate surface area is 95.2 Å². The van der Waals surface area contributed by atoms with Crippen molar-refractivity contribution in [3.8, 4) is 5.75 Å². The number of hydrogen-bond donors (Lipinski definition) is 1. The molecule has 0 aliphatic rings. The molecule has 0 fully saturated rings. The molecule has 0 aliphatic heterocycles. The first-order valence-electron chi connectivity index (χ1n) is 5.44. The normalized spacial score (nSPS) is 13.0. The maximum atomic E-state index is 5.69. The molecule has 0 amide bonds. The zero-order valence-corrected chi connectivity index (χ0v) is 9.91. The van der Waals surface area contributed by atoms with E-state index < -0.39 is 0 Å². The van der Waals surface area contributed by atoms with Crippen molar-refractivity contribution in [3.05, 3.63) is 29.5 Å². The van der Waals surface area contributed by atoms with E-state index in [1.54, 1.807) is 7.11 Å². The van der Waals surface area contributed by atoms with Crippen molar-refractivity contribution in [2.45, 2.75) is 19.8 Å². The summed E-state index contributed by atoms with van der Waals surface area (Å²) in [5.74, 6) is 1.97. The molecule has 1 aromatic carbocycles. The minimum atomic E-state index is 0.268. The van der Waals surface area contributed by atoms with E-state index in [1.807, 2.05) is 13.0 Å². The molecule has 2 rings (SSSR count). The lowest BCUT2D eigenvalue weighted by atomic mass is 9.99. The number of fused-ring (bicyclic) bond motifs is 1. The molecule has 2 aromatic rings. The van der Waals surface area contributed by atoms with Crippen molar-refractivity contribution in [2.24, 2.45) is 5.73 Å². The van der Waals surface area contributed by atoms with E-state index in [4.69, 9.17) is 14.9 Å². The predicted molar refractivity (Wildman–Crippen MR) is 65.0 cm³/mol. The van der Waals surface area contributed by atoms with Gasteiger partial charge in [0.15, 0.2) is 11.3 Å². The summed E-state index contributed by atoms with van der Waals surface area (Å²) >= 11 is 0. The van der Waals surface area contributed by atoms with Gasteiger partial charge in [0.1, 0.15) is 5.76 Å². The van der Waals surface area contributed by atoms with Crippen LogP contribution in [0.15, 0.2) is 22.6 Å². The number of nitrogens with two attached hydrogens (primary N) is 1. The molecule has 0 saturated carbocycles. The highest BCUT2D eigenvalue weighted by Gasteiger charge is 2.15. The average molecular weight is 219 g/mol. The van der Waals surface area contributed by atoms with Gasteiger partial charge < -0.3 is 14.9 Å². The molecule has 1 atom stereocenters. The summed E-state index contributed by atoms with van der Waals surface area (Å²) in [4.78, 5) is 0. The maximum Gasteiger partial charge on any atom is 0.176 e. The van der Waals surface area contributed by atoms with Crippen molar-refractivity contribution in [1.82, 2.24) is 0 Å². The standard InChI is InChI=1S/C13H17NO2/c1-8(7-14)11-5-4-10-6-9(2)16-12(10)13(11)15-3/h4-6,8H,7,14H2,1-3H3. The van der Waals surface area contributed by atoms with Crippen LogP contribution in [0.4, 0.5) is 0 Å². The third-order valence-corrected chi connectivity index (χ3v) is 2.88. The molecular weight excluding hydrogens is 202 g/mol. The van der Waals surface area contributed by atoms with E-state index in [9.17, 15) is 0 Å². The second kappa shape index (κ2) is 4.18. The van der Waals surface area contributed by atoms with Gasteiger partial charge in [-0.15, -0.1) is 0 Å². The van der Waals surface area contributed by atoms with Gasteiger partial charge in [-0.05, 0) is 25.5 Å². The van der Waals surface area contributed by atoms with Crippen LogP contribution in [-0.4, -0.2) is 13.7 Å². The highest BCUT2D eigenvalue weighted by Crippen LogP contribution is 2.35. The van der Waals surface area contributed by atoms with Crippen LogP contribution in [0.25, 0.3) is 11.0 Å². The molecule has 2 N–H and O–H groups in total. The Morgan fingerprint density at radius 3 is 2.81 bits per heavy atom. The minimum Gasteiger partial charge on any atom is -0.493 e. The second-order valence-corrected chi connectivity index (χ2v) is 4.10. The smallest absolute Gasteiger partial charge is 0.176 e. The number of methoxy groups -OCH3 is 1. The topological polar surface area (TPSA) is 48.4 Å². The maximum absolute atomic E-state index is 5.69. The van der Waals surface area contributed by atoms with Crippen LogP contribution in [0.3, 0.4) is 0 Å². The fourth-order valence-electron chi connectivity index (χ4n) is 1.95. The highest BCUT2D eigenvalue weighted by atomic mass is 16.5. The van der Waals surface area contributed by atoms with Crippen LogP contribution >= 0.6 is 0 Å². The molecule has 16 heavy (non-hydrogen) atoms. The Kier molecular flexibility index (Phi) is 2.88. The Hall–Kier alpha value is -1.48. The monoisotopic (exact) mass is 219 g/mol. The minimum absolute atomic E-state index is 0.268. The Bertz CT molecular complexity index is 502. The largest absolute Gasteiger partial charge is 0.493 e. The second-order valence-electron chi connectivity index (χ2n) is 4.10. The summed E-state index contributed by atoms with van der Waals surface area (Å²) in [5, 5.41) is 1.07.